The van der Waals surface area contributed by atoms with Crippen LogP contribution in [0.1, 0.15) is 26.3 Å². The molecule has 0 spiro atoms. The van der Waals surface area contributed by atoms with Gasteiger partial charge >= 0.3 is 5.51 Å². The minimum Gasteiger partial charge on any atom is -0.378 e. The summed E-state index contributed by atoms with van der Waals surface area (Å²) in [5, 5.41) is 2.59. The fourth-order valence-electron chi connectivity index (χ4n) is 2.97. The molecule has 0 aromatic heterocycles. The monoisotopic (exact) mass is 456 g/mol. The van der Waals surface area contributed by atoms with Crippen molar-refractivity contribution in [2.45, 2.75) is 16.9 Å². The number of carbonyl (C=O) groups is 2. The van der Waals surface area contributed by atoms with E-state index in [1.165, 1.54) is 0 Å². The summed E-state index contributed by atoms with van der Waals surface area (Å²) in [4.78, 5) is 25.6. The minimum absolute atomic E-state index is 0.00155. The van der Waals surface area contributed by atoms with Crippen LogP contribution in [-0.2, 0) is 21.1 Å². The molecule has 0 bridgehead atoms. The van der Waals surface area contributed by atoms with E-state index >= 15 is 0 Å². The van der Waals surface area contributed by atoms with Gasteiger partial charge in [-0.25, -0.2) is 8.42 Å². The van der Waals surface area contributed by atoms with Gasteiger partial charge in [0.05, 0.1) is 18.1 Å². The molecular weight excluding hydrogens is 437 g/mol. The first-order valence-electron chi connectivity index (χ1n) is 9.25. The van der Waals surface area contributed by atoms with Gasteiger partial charge in [-0.05, 0) is 42.0 Å². The highest BCUT2D eigenvalue weighted by Gasteiger charge is 2.46. The summed E-state index contributed by atoms with van der Waals surface area (Å²) < 4.78 is 65.8. The molecule has 0 radical (unpaired) electrons. The number of amides is 2. The summed E-state index contributed by atoms with van der Waals surface area (Å²) in [6.07, 6.45) is 0. The molecule has 2 aromatic carbocycles. The fraction of sp³-hybridized carbons (Fsp3) is 0.300. The Labute approximate surface area is 176 Å². The van der Waals surface area contributed by atoms with Crippen LogP contribution in [0.15, 0.2) is 53.4 Å². The van der Waals surface area contributed by atoms with E-state index in [4.69, 9.17) is 4.74 Å². The van der Waals surface area contributed by atoms with Gasteiger partial charge in [-0.2, -0.15) is 13.2 Å². The van der Waals surface area contributed by atoms with Gasteiger partial charge in [-0.1, -0.05) is 12.1 Å². The largest absolute Gasteiger partial charge is 0.501 e. The Hall–Kier alpha value is -2.92. The fourth-order valence-corrected chi connectivity index (χ4v) is 3.73. The molecule has 7 nitrogen and oxygen atoms in total. The van der Waals surface area contributed by atoms with E-state index in [9.17, 15) is 31.2 Å². The molecule has 1 fully saturated rings. The third kappa shape index (κ3) is 5.23. The van der Waals surface area contributed by atoms with E-state index in [0.29, 0.717) is 37.4 Å². The van der Waals surface area contributed by atoms with Crippen molar-refractivity contribution >= 4 is 21.7 Å². The summed E-state index contributed by atoms with van der Waals surface area (Å²) in [6, 6.07) is 10.2. The number of hydrogen-bond donors (Lipinski definition) is 1. The van der Waals surface area contributed by atoms with Crippen molar-refractivity contribution in [3.63, 3.8) is 0 Å². The minimum atomic E-state index is -5.47. The molecule has 2 amide bonds. The van der Waals surface area contributed by atoms with Gasteiger partial charge in [0, 0.05) is 30.8 Å². The number of rotatable bonds is 5. The van der Waals surface area contributed by atoms with Crippen LogP contribution < -0.4 is 5.32 Å². The van der Waals surface area contributed by atoms with Crippen LogP contribution >= 0.6 is 0 Å². The van der Waals surface area contributed by atoms with Gasteiger partial charge in [0.2, 0.25) is 0 Å². The molecule has 0 unspecified atom stereocenters. The van der Waals surface area contributed by atoms with Crippen molar-refractivity contribution in [2.24, 2.45) is 0 Å². The van der Waals surface area contributed by atoms with Gasteiger partial charge in [-0.3, -0.25) is 9.59 Å². The van der Waals surface area contributed by atoms with Crippen molar-refractivity contribution in [1.82, 2.24) is 10.2 Å². The number of morpholine rings is 1. The summed E-state index contributed by atoms with van der Waals surface area (Å²) in [7, 11) is -5.47. The van der Waals surface area contributed by atoms with Crippen LogP contribution in [-0.4, -0.2) is 56.9 Å². The SMILES string of the molecule is O=C(NCc1cccc(C(=O)N2CCOCC2)c1)c1ccc(S(=O)(=O)C(F)(F)F)cc1. The quantitative estimate of drug-likeness (QED) is 0.746. The van der Waals surface area contributed by atoms with E-state index in [0.717, 1.165) is 24.3 Å². The van der Waals surface area contributed by atoms with Gasteiger partial charge in [0.25, 0.3) is 21.7 Å². The first-order valence-corrected chi connectivity index (χ1v) is 10.7. The summed E-state index contributed by atoms with van der Waals surface area (Å²) in [5.74, 6) is -0.737. The molecule has 1 aliphatic rings. The Morgan fingerprint density at radius 3 is 2.26 bits per heavy atom. The number of hydrogen-bond acceptors (Lipinski definition) is 5. The van der Waals surface area contributed by atoms with E-state index in [2.05, 4.69) is 5.32 Å². The highest BCUT2D eigenvalue weighted by Crippen LogP contribution is 2.30. The smallest absolute Gasteiger partial charge is 0.378 e. The molecule has 1 heterocycles. The maximum Gasteiger partial charge on any atom is 0.501 e. The number of sulfone groups is 1. The molecule has 3 rings (SSSR count). The second-order valence-corrected chi connectivity index (χ2v) is 8.70. The van der Waals surface area contributed by atoms with Crippen LogP contribution in [0.4, 0.5) is 13.2 Å². The Balaban J connectivity index is 1.64. The molecular formula is C20H19F3N2O5S. The zero-order valence-corrected chi connectivity index (χ0v) is 17.0. The number of halogens is 3. The molecule has 1 aliphatic heterocycles. The van der Waals surface area contributed by atoms with Crippen LogP contribution in [0.5, 0.6) is 0 Å². The first kappa shape index (κ1) is 22.8. The molecule has 0 atom stereocenters. The Morgan fingerprint density at radius 1 is 1.00 bits per heavy atom. The number of benzene rings is 2. The first-order chi connectivity index (χ1) is 14.6. The predicted octanol–water partition coefficient (Wildman–Crippen LogP) is 2.38. The van der Waals surface area contributed by atoms with E-state index < -0.39 is 26.1 Å². The standard InChI is InChI=1S/C20H19F3N2O5S/c21-20(22,23)31(28,29)17-6-4-15(5-7-17)18(26)24-13-14-2-1-3-16(12-14)19(27)25-8-10-30-11-9-25/h1-7,12H,8-11,13H2,(H,24,26). The zero-order chi connectivity index (χ0) is 22.6. The van der Waals surface area contributed by atoms with Gasteiger partial charge < -0.3 is 15.0 Å². The van der Waals surface area contributed by atoms with Crippen molar-refractivity contribution in [1.29, 1.82) is 0 Å². The molecule has 0 saturated carbocycles. The summed E-state index contributed by atoms with van der Waals surface area (Å²) in [6.45, 7) is 2.03. The average molecular weight is 456 g/mol. The Morgan fingerprint density at radius 2 is 1.65 bits per heavy atom. The normalized spacial score (nSPS) is 14.9. The summed E-state index contributed by atoms with van der Waals surface area (Å²) in [5.41, 5.74) is -4.29. The molecule has 2 aromatic rings. The van der Waals surface area contributed by atoms with E-state index in [1.807, 2.05) is 0 Å². The highest BCUT2D eigenvalue weighted by atomic mass is 32.2. The average Bonchev–Trinajstić information content (AvgIpc) is 2.77. The third-order valence-electron chi connectivity index (χ3n) is 4.66. The number of ether oxygens (including phenoxy) is 1. The molecule has 11 heteroatoms. The van der Waals surface area contributed by atoms with Crippen LogP contribution in [0.25, 0.3) is 0 Å². The summed E-state index contributed by atoms with van der Waals surface area (Å²) >= 11 is 0. The molecule has 1 saturated heterocycles. The van der Waals surface area contributed by atoms with Crippen molar-refractivity contribution < 1.29 is 35.9 Å². The lowest BCUT2D eigenvalue weighted by atomic mass is 10.1. The Bertz CT molecular complexity index is 1060. The molecule has 0 aliphatic carbocycles. The zero-order valence-electron chi connectivity index (χ0n) is 16.2. The lowest BCUT2D eigenvalue weighted by molar-refractivity contribution is -0.0436. The second-order valence-electron chi connectivity index (χ2n) is 6.76. The molecule has 31 heavy (non-hydrogen) atoms. The maximum atomic E-state index is 12.6. The maximum absolute atomic E-state index is 12.6. The lowest BCUT2D eigenvalue weighted by Crippen LogP contribution is -2.40. The van der Waals surface area contributed by atoms with Gasteiger partial charge in [0.1, 0.15) is 0 Å². The van der Waals surface area contributed by atoms with E-state index in [-0.39, 0.29) is 18.0 Å². The third-order valence-corrected chi connectivity index (χ3v) is 6.16. The Kier molecular flexibility index (Phi) is 6.65. The van der Waals surface area contributed by atoms with Crippen molar-refractivity contribution in [3.05, 3.63) is 65.2 Å². The predicted molar refractivity (Wildman–Crippen MR) is 104 cm³/mol. The number of nitrogens with one attached hydrogen (secondary N) is 1. The van der Waals surface area contributed by atoms with Crippen LogP contribution in [0.2, 0.25) is 0 Å². The van der Waals surface area contributed by atoms with Crippen LogP contribution in [0, 0.1) is 0 Å². The lowest BCUT2D eigenvalue weighted by Gasteiger charge is -2.27. The molecule has 166 valence electrons. The van der Waals surface area contributed by atoms with Gasteiger partial charge in [0.15, 0.2) is 0 Å². The highest BCUT2D eigenvalue weighted by molar-refractivity contribution is 7.92. The topological polar surface area (TPSA) is 92.8 Å². The van der Waals surface area contributed by atoms with E-state index in [1.54, 1.807) is 29.2 Å². The second kappa shape index (κ2) is 9.06. The van der Waals surface area contributed by atoms with Crippen molar-refractivity contribution in [2.75, 3.05) is 26.3 Å². The van der Waals surface area contributed by atoms with Crippen molar-refractivity contribution in [3.8, 4) is 0 Å². The molecule has 1 N–H and O–H groups in total. The van der Waals surface area contributed by atoms with Gasteiger partial charge in [-0.15, -0.1) is 0 Å². The number of carbonyl (C=O) groups excluding carboxylic acids is 2. The van der Waals surface area contributed by atoms with Crippen LogP contribution in [0.3, 0.4) is 0 Å². The number of alkyl halides is 3. The number of nitrogens with zero attached hydrogens (tertiary/aromatic N) is 1.